The second kappa shape index (κ2) is 6.12. The van der Waals surface area contributed by atoms with E-state index >= 15 is 0 Å². The maximum absolute atomic E-state index is 11.6. The second-order valence-electron chi connectivity index (χ2n) is 3.66. The van der Waals surface area contributed by atoms with Crippen molar-refractivity contribution in [3.05, 3.63) is 29.8 Å². The monoisotopic (exact) mass is 223 g/mol. The van der Waals surface area contributed by atoms with Crippen molar-refractivity contribution in [1.29, 1.82) is 0 Å². The van der Waals surface area contributed by atoms with E-state index in [-0.39, 0.29) is 30.7 Å². The Kier molecular flexibility index (Phi) is 4.79. The average Bonchev–Trinajstić information content (AvgIpc) is 2.29. The highest BCUT2D eigenvalue weighted by atomic mass is 16.3. The molecule has 0 bridgehead atoms. The molecule has 0 fully saturated rings. The molecule has 4 nitrogen and oxygen atoms in total. The Bertz CT molecular complexity index is 348. The van der Waals surface area contributed by atoms with Gasteiger partial charge in [0.25, 0.3) is 0 Å². The first-order chi connectivity index (χ1) is 7.67. The number of carbonyl (C=O) groups is 1. The lowest BCUT2D eigenvalue weighted by Crippen LogP contribution is -2.37. The van der Waals surface area contributed by atoms with Gasteiger partial charge in [0.1, 0.15) is 5.75 Å². The first-order valence-corrected chi connectivity index (χ1v) is 5.34. The van der Waals surface area contributed by atoms with Crippen molar-refractivity contribution >= 4 is 5.91 Å². The Morgan fingerprint density at radius 2 is 2.12 bits per heavy atom. The number of hydrogen-bond donors (Lipinski definition) is 3. The van der Waals surface area contributed by atoms with E-state index in [1.165, 1.54) is 0 Å². The minimum Gasteiger partial charge on any atom is -0.508 e. The number of carbonyl (C=O) groups excluding carboxylic acids is 1. The first kappa shape index (κ1) is 12.5. The van der Waals surface area contributed by atoms with Crippen LogP contribution in [0.1, 0.15) is 18.9 Å². The molecule has 3 N–H and O–H groups in total. The molecule has 0 saturated heterocycles. The van der Waals surface area contributed by atoms with Gasteiger partial charge in [-0.2, -0.15) is 0 Å². The Hall–Kier alpha value is -1.55. The molecule has 0 aliphatic rings. The minimum atomic E-state index is -0.210. The van der Waals surface area contributed by atoms with Gasteiger partial charge >= 0.3 is 0 Å². The molecule has 4 heteroatoms. The van der Waals surface area contributed by atoms with E-state index in [1.54, 1.807) is 24.3 Å². The number of hydrogen-bond acceptors (Lipinski definition) is 3. The molecule has 1 rings (SSSR count). The molecule has 0 heterocycles. The van der Waals surface area contributed by atoms with Crippen LogP contribution in [-0.2, 0) is 11.2 Å². The number of benzene rings is 1. The zero-order valence-electron chi connectivity index (χ0n) is 9.31. The summed E-state index contributed by atoms with van der Waals surface area (Å²) in [6, 6.07) is 6.52. The standard InChI is InChI=1S/C12H17NO3/c1-2-10(8-14)13-12(16)7-9-5-3-4-6-11(9)15/h3-6,10,14-15H,2,7-8H2,1H3,(H,13,16)/t10-/m0/s1. The van der Waals surface area contributed by atoms with Crippen molar-refractivity contribution in [3.63, 3.8) is 0 Å². The van der Waals surface area contributed by atoms with Crippen molar-refractivity contribution in [3.8, 4) is 5.75 Å². The summed E-state index contributed by atoms with van der Waals surface area (Å²) in [5.41, 5.74) is 0.591. The third-order valence-corrected chi connectivity index (χ3v) is 2.42. The van der Waals surface area contributed by atoms with Crippen LogP contribution in [0.2, 0.25) is 0 Å². The Balaban J connectivity index is 2.55. The molecule has 0 radical (unpaired) electrons. The maximum atomic E-state index is 11.6. The molecule has 1 amide bonds. The largest absolute Gasteiger partial charge is 0.508 e. The molecule has 0 aromatic heterocycles. The molecule has 0 spiro atoms. The van der Waals surface area contributed by atoms with Crippen LogP contribution in [0.15, 0.2) is 24.3 Å². The van der Waals surface area contributed by atoms with Crippen LogP contribution in [0.3, 0.4) is 0 Å². The lowest BCUT2D eigenvalue weighted by Gasteiger charge is -2.14. The van der Waals surface area contributed by atoms with E-state index in [0.717, 1.165) is 0 Å². The SMILES string of the molecule is CC[C@@H](CO)NC(=O)Cc1ccccc1O. The highest BCUT2D eigenvalue weighted by Gasteiger charge is 2.11. The van der Waals surface area contributed by atoms with Gasteiger partial charge in [0.2, 0.25) is 5.91 Å². The molecule has 1 aromatic rings. The number of aliphatic hydroxyl groups excluding tert-OH is 1. The van der Waals surface area contributed by atoms with E-state index in [1.807, 2.05) is 6.92 Å². The van der Waals surface area contributed by atoms with Crippen molar-refractivity contribution in [1.82, 2.24) is 5.32 Å². The number of aliphatic hydroxyl groups is 1. The van der Waals surface area contributed by atoms with Crippen LogP contribution in [0.25, 0.3) is 0 Å². The van der Waals surface area contributed by atoms with Crippen LogP contribution < -0.4 is 5.32 Å². The Labute approximate surface area is 94.9 Å². The van der Waals surface area contributed by atoms with E-state index in [4.69, 9.17) is 5.11 Å². The number of amides is 1. The molecule has 0 unspecified atom stereocenters. The van der Waals surface area contributed by atoms with Gasteiger partial charge in [-0.05, 0) is 12.5 Å². The second-order valence-corrected chi connectivity index (χ2v) is 3.66. The number of nitrogens with one attached hydrogen (secondary N) is 1. The van der Waals surface area contributed by atoms with Crippen molar-refractivity contribution < 1.29 is 15.0 Å². The molecule has 0 aliphatic carbocycles. The predicted molar refractivity (Wildman–Crippen MR) is 61.1 cm³/mol. The normalized spacial score (nSPS) is 12.1. The summed E-state index contributed by atoms with van der Waals surface area (Å²) in [4.78, 5) is 11.6. The number of aromatic hydroxyl groups is 1. The highest BCUT2D eigenvalue weighted by Crippen LogP contribution is 2.15. The average molecular weight is 223 g/mol. The topological polar surface area (TPSA) is 69.6 Å². The minimum absolute atomic E-state index is 0.0665. The zero-order chi connectivity index (χ0) is 12.0. The molecule has 88 valence electrons. The van der Waals surface area contributed by atoms with Crippen LogP contribution in [0, 0.1) is 0 Å². The van der Waals surface area contributed by atoms with Crippen LogP contribution in [0.4, 0.5) is 0 Å². The third kappa shape index (κ3) is 3.55. The molecule has 0 saturated carbocycles. The van der Waals surface area contributed by atoms with Gasteiger partial charge in [0.15, 0.2) is 0 Å². The Morgan fingerprint density at radius 1 is 1.44 bits per heavy atom. The fraction of sp³-hybridized carbons (Fsp3) is 0.417. The van der Waals surface area contributed by atoms with Crippen LogP contribution in [0.5, 0.6) is 5.75 Å². The van der Waals surface area contributed by atoms with Gasteiger partial charge in [0.05, 0.1) is 19.1 Å². The van der Waals surface area contributed by atoms with E-state index in [0.29, 0.717) is 12.0 Å². The van der Waals surface area contributed by atoms with Gasteiger partial charge in [-0.15, -0.1) is 0 Å². The zero-order valence-corrected chi connectivity index (χ0v) is 9.31. The molecular weight excluding hydrogens is 206 g/mol. The van der Waals surface area contributed by atoms with Crippen LogP contribution in [-0.4, -0.2) is 28.8 Å². The molecule has 1 atom stereocenters. The van der Waals surface area contributed by atoms with E-state index in [2.05, 4.69) is 5.32 Å². The smallest absolute Gasteiger partial charge is 0.224 e. The highest BCUT2D eigenvalue weighted by molar-refractivity contribution is 5.79. The van der Waals surface area contributed by atoms with E-state index in [9.17, 15) is 9.90 Å². The number of phenols is 1. The lowest BCUT2D eigenvalue weighted by atomic mass is 10.1. The number of phenolic OH excluding ortho intramolecular Hbond substituents is 1. The van der Waals surface area contributed by atoms with Crippen molar-refractivity contribution in [2.24, 2.45) is 0 Å². The van der Waals surface area contributed by atoms with Gasteiger partial charge in [-0.1, -0.05) is 25.1 Å². The van der Waals surface area contributed by atoms with Crippen LogP contribution >= 0.6 is 0 Å². The summed E-state index contributed by atoms with van der Waals surface area (Å²) in [7, 11) is 0. The van der Waals surface area contributed by atoms with Crippen molar-refractivity contribution in [2.45, 2.75) is 25.8 Å². The summed E-state index contributed by atoms with van der Waals surface area (Å²) in [6.07, 6.45) is 0.812. The molecular formula is C12H17NO3. The van der Waals surface area contributed by atoms with Gasteiger partial charge in [-0.3, -0.25) is 4.79 Å². The molecule has 16 heavy (non-hydrogen) atoms. The van der Waals surface area contributed by atoms with E-state index < -0.39 is 0 Å². The summed E-state index contributed by atoms with van der Waals surface area (Å²) in [6.45, 7) is 1.82. The molecule has 0 aliphatic heterocycles. The lowest BCUT2D eigenvalue weighted by molar-refractivity contribution is -0.121. The first-order valence-electron chi connectivity index (χ1n) is 5.34. The number of rotatable bonds is 5. The van der Waals surface area contributed by atoms with Crippen molar-refractivity contribution in [2.75, 3.05) is 6.61 Å². The predicted octanol–water partition coefficient (Wildman–Crippen LogP) is 0.822. The summed E-state index contributed by atoms with van der Waals surface area (Å²) in [5, 5.41) is 21.1. The van der Waals surface area contributed by atoms with Gasteiger partial charge in [-0.25, -0.2) is 0 Å². The van der Waals surface area contributed by atoms with Gasteiger partial charge in [0, 0.05) is 5.56 Å². The van der Waals surface area contributed by atoms with Gasteiger partial charge < -0.3 is 15.5 Å². The fourth-order valence-corrected chi connectivity index (χ4v) is 1.39. The third-order valence-electron chi connectivity index (χ3n) is 2.42. The number of para-hydroxylation sites is 1. The summed E-state index contributed by atoms with van der Waals surface area (Å²) < 4.78 is 0. The fourth-order valence-electron chi connectivity index (χ4n) is 1.39. The maximum Gasteiger partial charge on any atom is 0.224 e. The Morgan fingerprint density at radius 3 is 2.69 bits per heavy atom. The summed E-state index contributed by atoms with van der Waals surface area (Å²) in [5.74, 6) is -0.0721. The quantitative estimate of drug-likeness (QED) is 0.692. The summed E-state index contributed by atoms with van der Waals surface area (Å²) >= 11 is 0. The molecule has 1 aromatic carbocycles.